The summed E-state index contributed by atoms with van der Waals surface area (Å²) in [6.07, 6.45) is 6.05. The van der Waals surface area contributed by atoms with Crippen molar-refractivity contribution in [3.8, 4) is 0 Å². The fraction of sp³-hybridized carbons (Fsp3) is 0.462. The van der Waals surface area contributed by atoms with Crippen molar-refractivity contribution < 1.29 is 27.4 Å². The molecule has 0 spiro atoms. The first kappa shape index (κ1) is 23.0. The molecule has 2 fully saturated rings. The Balaban J connectivity index is 1.39. The molecule has 1 saturated carbocycles. The molecule has 0 aromatic heterocycles. The van der Waals surface area contributed by atoms with Gasteiger partial charge in [-0.25, -0.2) is 17.6 Å². The Labute approximate surface area is 185 Å². The summed E-state index contributed by atoms with van der Waals surface area (Å²) in [7, 11) is 0. The van der Waals surface area contributed by atoms with Crippen molar-refractivity contribution >= 4 is 6.08 Å². The molecule has 0 amide bonds. The molecule has 2 unspecified atom stereocenters. The summed E-state index contributed by atoms with van der Waals surface area (Å²) in [6.45, 7) is 2.30. The van der Waals surface area contributed by atoms with Crippen molar-refractivity contribution in [1.82, 2.24) is 0 Å². The minimum Gasteiger partial charge on any atom is -0.388 e. The van der Waals surface area contributed by atoms with Crippen LogP contribution in [0, 0.1) is 29.2 Å². The summed E-state index contributed by atoms with van der Waals surface area (Å²) in [6, 6.07) is 6.21. The second kappa shape index (κ2) is 9.75. The van der Waals surface area contributed by atoms with Crippen LogP contribution >= 0.6 is 0 Å². The lowest BCUT2D eigenvalue weighted by atomic mass is 9.78. The van der Waals surface area contributed by atoms with Crippen LogP contribution in [0.2, 0.25) is 0 Å². The predicted molar refractivity (Wildman–Crippen MR) is 115 cm³/mol. The van der Waals surface area contributed by atoms with E-state index in [2.05, 4.69) is 0 Å². The summed E-state index contributed by atoms with van der Waals surface area (Å²) in [4.78, 5) is 0. The number of benzene rings is 2. The van der Waals surface area contributed by atoms with E-state index in [-0.39, 0.29) is 34.6 Å². The second-order valence-corrected chi connectivity index (χ2v) is 8.84. The highest BCUT2D eigenvalue weighted by atomic mass is 19.2. The third-order valence-electron chi connectivity index (χ3n) is 6.65. The Kier molecular flexibility index (Phi) is 7.01. The number of halogens is 4. The van der Waals surface area contributed by atoms with Crippen molar-refractivity contribution in [2.45, 2.75) is 63.6 Å². The Morgan fingerprint density at radius 2 is 1.59 bits per heavy atom. The molecule has 172 valence electrons. The molecule has 1 aliphatic heterocycles. The van der Waals surface area contributed by atoms with E-state index in [9.17, 15) is 22.7 Å². The summed E-state index contributed by atoms with van der Waals surface area (Å²) >= 11 is 0. The zero-order valence-electron chi connectivity index (χ0n) is 18.1. The molecule has 2 nitrogen and oxygen atoms in total. The number of epoxide rings is 1. The van der Waals surface area contributed by atoms with Gasteiger partial charge >= 0.3 is 0 Å². The van der Waals surface area contributed by atoms with E-state index >= 15 is 0 Å². The van der Waals surface area contributed by atoms with Crippen molar-refractivity contribution in [3.05, 3.63) is 75.9 Å². The number of hydrogen-bond acceptors (Lipinski definition) is 2. The number of aliphatic hydroxyl groups is 1. The van der Waals surface area contributed by atoms with Gasteiger partial charge in [-0.3, -0.25) is 0 Å². The molecular formula is C26H28F4O2. The number of allylic oxidation sites excluding steroid dienone is 1. The van der Waals surface area contributed by atoms with Crippen molar-refractivity contribution in [2.75, 3.05) is 6.61 Å². The van der Waals surface area contributed by atoms with Crippen LogP contribution in [0.5, 0.6) is 0 Å². The number of rotatable bonds is 7. The topological polar surface area (TPSA) is 32.8 Å². The SMILES string of the molecule is CCCC(O)c1ccc(/C=C/C2CCC(c3ccc(C4CO4)c(F)c3F)CC2)c(F)c1F. The van der Waals surface area contributed by atoms with Gasteiger partial charge in [-0.2, -0.15) is 0 Å². The average molecular weight is 449 g/mol. The van der Waals surface area contributed by atoms with Gasteiger partial charge < -0.3 is 9.84 Å². The fourth-order valence-corrected chi connectivity index (χ4v) is 4.63. The molecule has 2 aromatic carbocycles. The van der Waals surface area contributed by atoms with Gasteiger partial charge in [0.1, 0.15) is 6.10 Å². The van der Waals surface area contributed by atoms with E-state index < -0.39 is 29.4 Å². The van der Waals surface area contributed by atoms with E-state index in [1.54, 1.807) is 18.2 Å². The molecule has 2 aliphatic rings. The maximum atomic E-state index is 14.6. The smallest absolute Gasteiger partial charge is 0.166 e. The Hall–Kier alpha value is -2.18. The highest BCUT2D eigenvalue weighted by Gasteiger charge is 2.32. The summed E-state index contributed by atoms with van der Waals surface area (Å²) in [5.41, 5.74) is 0.813. The molecule has 4 rings (SSSR count). The Morgan fingerprint density at radius 3 is 2.25 bits per heavy atom. The van der Waals surface area contributed by atoms with Crippen LogP contribution in [0.15, 0.2) is 30.3 Å². The Bertz CT molecular complexity index is 992. The molecule has 1 aliphatic carbocycles. The van der Waals surface area contributed by atoms with Gasteiger partial charge in [-0.1, -0.05) is 49.8 Å². The van der Waals surface area contributed by atoms with Crippen LogP contribution in [-0.2, 0) is 4.74 Å². The maximum Gasteiger partial charge on any atom is 0.166 e. The molecule has 0 radical (unpaired) electrons. The van der Waals surface area contributed by atoms with Gasteiger partial charge in [0, 0.05) is 16.7 Å². The molecule has 2 atom stereocenters. The fourth-order valence-electron chi connectivity index (χ4n) is 4.63. The first-order valence-electron chi connectivity index (χ1n) is 11.3. The third-order valence-corrected chi connectivity index (χ3v) is 6.65. The number of aliphatic hydroxyl groups excluding tert-OH is 1. The van der Waals surface area contributed by atoms with E-state index in [4.69, 9.17) is 4.74 Å². The molecule has 32 heavy (non-hydrogen) atoms. The van der Waals surface area contributed by atoms with Crippen molar-refractivity contribution in [2.24, 2.45) is 5.92 Å². The summed E-state index contributed by atoms with van der Waals surface area (Å²) < 4.78 is 62.8. The number of hydrogen-bond donors (Lipinski definition) is 1. The van der Waals surface area contributed by atoms with E-state index in [1.807, 2.05) is 13.0 Å². The van der Waals surface area contributed by atoms with E-state index in [0.717, 1.165) is 12.8 Å². The largest absolute Gasteiger partial charge is 0.388 e. The zero-order valence-corrected chi connectivity index (χ0v) is 18.1. The lowest BCUT2D eigenvalue weighted by molar-refractivity contribution is 0.160. The van der Waals surface area contributed by atoms with E-state index in [0.29, 0.717) is 37.9 Å². The second-order valence-electron chi connectivity index (χ2n) is 8.84. The molecular weight excluding hydrogens is 420 g/mol. The molecule has 1 saturated heterocycles. The predicted octanol–water partition coefficient (Wildman–Crippen LogP) is 7.14. The van der Waals surface area contributed by atoms with Crippen LogP contribution in [0.1, 0.15) is 85.8 Å². The van der Waals surface area contributed by atoms with Crippen LogP contribution in [0.3, 0.4) is 0 Å². The van der Waals surface area contributed by atoms with E-state index in [1.165, 1.54) is 12.1 Å². The zero-order chi connectivity index (χ0) is 22.8. The van der Waals surface area contributed by atoms with Crippen LogP contribution in [0.4, 0.5) is 17.6 Å². The molecule has 6 heteroatoms. The molecule has 0 bridgehead atoms. The van der Waals surface area contributed by atoms with Crippen LogP contribution in [-0.4, -0.2) is 11.7 Å². The van der Waals surface area contributed by atoms with Gasteiger partial charge in [0.05, 0.1) is 12.7 Å². The third kappa shape index (κ3) is 4.76. The van der Waals surface area contributed by atoms with Gasteiger partial charge in [0.2, 0.25) is 0 Å². The highest BCUT2D eigenvalue weighted by molar-refractivity contribution is 5.51. The van der Waals surface area contributed by atoms with Gasteiger partial charge in [-0.05, 0) is 49.5 Å². The van der Waals surface area contributed by atoms with Crippen molar-refractivity contribution in [1.29, 1.82) is 0 Å². The Morgan fingerprint density at radius 1 is 0.938 bits per heavy atom. The quantitative estimate of drug-likeness (QED) is 0.361. The van der Waals surface area contributed by atoms with Gasteiger partial charge in [0.15, 0.2) is 23.3 Å². The normalized spacial score (nSPS) is 24.1. The molecule has 1 heterocycles. The minimum atomic E-state index is -1.01. The van der Waals surface area contributed by atoms with Gasteiger partial charge in [-0.15, -0.1) is 0 Å². The van der Waals surface area contributed by atoms with Crippen LogP contribution in [0.25, 0.3) is 6.08 Å². The summed E-state index contributed by atoms with van der Waals surface area (Å²) in [5.74, 6) is -3.45. The standard InChI is InChI=1S/C26H28F4O2/c1-2-3-21(31)19-11-10-17(23(27)25(19)29)9-6-15-4-7-16(8-5-15)18-12-13-20(22-14-32-22)26(30)24(18)28/h6,9-13,15-16,21-22,31H,2-5,7-8,14H2,1H3/b9-6+. The lowest BCUT2D eigenvalue weighted by Gasteiger charge is -2.27. The van der Waals surface area contributed by atoms with Crippen LogP contribution < -0.4 is 0 Å². The monoisotopic (exact) mass is 448 g/mol. The highest BCUT2D eigenvalue weighted by Crippen LogP contribution is 2.40. The molecule has 2 aromatic rings. The maximum absolute atomic E-state index is 14.6. The molecule has 1 N–H and O–H groups in total. The lowest BCUT2D eigenvalue weighted by Crippen LogP contribution is -2.14. The summed E-state index contributed by atoms with van der Waals surface area (Å²) in [5, 5.41) is 9.97. The van der Waals surface area contributed by atoms with Crippen molar-refractivity contribution in [3.63, 3.8) is 0 Å². The first-order valence-corrected chi connectivity index (χ1v) is 11.3. The van der Waals surface area contributed by atoms with Gasteiger partial charge in [0.25, 0.3) is 0 Å². The first-order chi connectivity index (χ1) is 15.4. The minimum absolute atomic E-state index is 0.0180. The average Bonchev–Trinajstić information content (AvgIpc) is 3.62. The number of ether oxygens (including phenoxy) is 1.